The van der Waals surface area contributed by atoms with Crippen LogP contribution < -0.4 is 11.2 Å². The minimum Gasteiger partial charge on any atom is -0.461 e. The number of aromatic nitrogens is 5. The van der Waals surface area contributed by atoms with Crippen LogP contribution in [0.3, 0.4) is 0 Å². The van der Waals surface area contributed by atoms with Crippen LogP contribution in [-0.4, -0.2) is 35.8 Å². The molecule has 138 valence electrons. The largest absolute Gasteiger partial charge is 0.461 e. The number of hydrogen-bond acceptors (Lipinski definition) is 7. The minimum absolute atomic E-state index is 0.164. The van der Waals surface area contributed by atoms with E-state index in [1.807, 2.05) is 6.92 Å². The van der Waals surface area contributed by atoms with Gasteiger partial charge in [-0.15, -0.1) is 10.2 Å². The number of nitrogens with two attached hydrogens (primary N) is 1. The van der Waals surface area contributed by atoms with Crippen molar-refractivity contribution in [3.8, 4) is 11.6 Å². The molecule has 0 fully saturated rings. The van der Waals surface area contributed by atoms with E-state index in [0.717, 1.165) is 6.42 Å². The molecule has 0 aliphatic heterocycles. The summed E-state index contributed by atoms with van der Waals surface area (Å²) in [6.07, 6.45) is 4.12. The number of rotatable bonds is 7. The van der Waals surface area contributed by atoms with Crippen LogP contribution in [0.2, 0.25) is 0 Å². The molecule has 0 unspecified atom stereocenters. The molecule has 9 nitrogen and oxygen atoms in total. The number of nitrogens with one attached hydrogen (secondary N) is 1. The fourth-order valence-corrected chi connectivity index (χ4v) is 3.08. The summed E-state index contributed by atoms with van der Waals surface area (Å²) in [6, 6.07) is 5.47. The summed E-state index contributed by atoms with van der Waals surface area (Å²) in [7, 11) is 0. The van der Waals surface area contributed by atoms with Crippen molar-refractivity contribution in [1.82, 2.24) is 24.7 Å². The van der Waals surface area contributed by atoms with Crippen LogP contribution in [0.5, 0.6) is 0 Å². The van der Waals surface area contributed by atoms with Gasteiger partial charge in [-0.2, -0.15) is 5.10 Å². The van der Waals surface area contributed by atoms with Gasteiger partial charge in [0.25, 0.3) is 0 Å². The Hall–Kier alpha value is -2.75. The molecule has 0 radical (unpaired) electrons. The van der Waals surface area contributed by atoms with Crippen molar-refractivity contribution < 1.29 is 9.21 Å². The lowest BCUT2D eigenvalue weighted by molar-refractivity contribution is -0.115. The van der Waals surface area contributed by atoms with Gasteiger partial charge in [-0.05, 0) is 32.4 Å². The molecular formula is C16H21N7O2S. The fourth-order valence-electron chi connectivity index (χ4n) is 2.31. The second kappa shape index (κ2) is 7.65. The number of nitrogen functional groups attached to an aromatic ring is 1. The Morgan fingerprint density at radius 2 is 2.19 bits per heavy atom. The van der Waals surface area contributed by atoms with Crippen LogP contribution in [0.1, 0.15) is 33.2 Å². The molecule has 2 atom stereocenters. The van der Waals surface area contributed by atoms with E-state index in [1.54, 1.807) is 36.0 Å². The zero-order chi connectivity index (χ0) is 18.7. The van der Waals surface area contributed by atoms with E-state index in [4.69, 9.17) is 10.3 Å². The van der Waals surface area contributed by atoms with Gasteiger partial charge < -0.3 is 15.6 Å². The van der Waals surface area contributed by atoms with E-state index in [1.165, 1.54) is 22.7 Å². The Kier molecular flexibility index (Phi) is 5.31. The van der Waals surface area contributed by atoms with Crippen molar-refractivity contribution in [3.63, 3.8) is 0 Å². The molecule has 3 aromatic rings. The molecule has 0 saturated carbocycles. The molecular weight excluding hydrogens is 354 g/mol. The van der Waals surface area contributed by atoms with Gasteiger partial charge in [0.05, 0.1) is 23.8 Å². The highest BCUT2D eigenvalue weighted by Crippen LogP contribution is 2.26. The SMILES string of the molecule is CC[C@H](C)n1nccc1NC(=O)[C@@H](C)Sc1nnc(-c2ccco2)n1N. The number of furan rings is 1. The fraction of sp³-hybridized carbons (Fsp3) is 0.375. The second-order valence-electron chi connectivity index (χ2n) is 5.82. The maximum Gasteiger partial charge on any atom is 0.238 e. The average molecular weight is 375 g/mol. The first-order chi connectivity index (χ1) is 12.5. The summed E-state index contributed by atoms with van der Waals surface area (Å²) in [5.74, 6) is 7.45. The molecule has 1 amide bonds. The van der Waals surface area contributed by atoms with Gasteiger partial charge in [-0.25, -0.2) is 9.36 Å². The molecule has 0 aliphatic rings. The molecule has 10 heteroatoms. The van der Waals surface area contributed by atoms with Gasteiger partial charge in [0, 0.05) is 6.07 Å². The van der Waals surface area contributed by atoms with Crippen molar-refractivity contribution in [1.29, 1.82) is 0 Å². The Labute approximate surface area is 154 Å². The lowest BCUT2D eigenvalue weighted by atomic mass is 10.3. The first-order valence-electron chi connectivity index (χ1n) is 8.26. The summed E-state index contributed by atoms with van der Waals surface area (Å²) in [4.78, 5) is 12.5. The molecule has 0 aromatic carbocycles. The molecule has 0 saturated heterocycles. The number of thioether (sulfide) groups is 1. The first-order valence-corrected chi connectivity index (χ1v) is 9.14. The van der Waals surface area contributed by atoms with E-state index in [-0.39, 0.29) is 11.9 Å². The van der Waals surface area contributed by atoms with Gasteiger partial charge >= 0.3 is 0 Å². The Morgan fingerprint density at radius 3 is 2.88 bits per heavy atom. The third-order valence-corrected chi connectivity index (χ3v) is 5.04. The average Bonchev–Trinajstić information content (AvgIpc) is 3.36. The monoisotopic (exact) mass is 375 g/mol. The number of amides is 1. The Balaban J connectivity index is 1.68. The standard InChI is InChI=1S/C16H21N7O2S/c1-4-10(2)23-13(7-8-18-23)19-15(24)11(3)26-16-21-20-14(22(16)17)12-6-5-9-25-12/h5-11H,4,17H2,1-3H3,(H,19,24)/t10-,11+/m0/s1. The zero-order valence-corrected chi connectivity index (χ0v) is 15.6. The molecule has 3 N–H and O–H groups in total. The first kappa shape index (κ1) is 18.1. The highest BCUT2D eigenvalue weighted by atomic mass is 32.2. The van der Waals surface area contributed by atoms with Gasteiger partial charge in [-0.1, -0.05) is 18.7 Å². The maximum absolute atomic E-state index is 12.5. The quantitative estimate of drug-likeness (QED) is 0.481. The van der Waals surface area contributed by atoms with Gasteiger partial charge in [-0.3, -0.25) is 4.79 Å². The zero-order valence-electron chi connectivity index (χ0n) is 14.8. The summed E-state index contributed by atoms with van der Waals surface area (Å²) in [5.41, 5.74) is 0. The minimum atomic E-state index is -0.425. The van der Waals surface area contributed by atoms with Crippen molar-refractivity contribution >= 4 is 23.5 Å². The van der Waals surface area contributed by atoms with Crippen LogP contribution in [0, 0.1) is 0 Å². The summed E-state index contributed by atoms with van der Waals surface area (Å²) >= 11 is 1.22. The second-order valence-corrected chi connectivity index (χ2v) is 7.13. The van der Waals surface area contributed by atoms with E-state index in [2.05, 4.69) is 27.5 Å². The summed E-state index contributed by atoms with van der Waals surface area (Å²) in [5, 5.41) is 15.2. The Bertz CT molecular complexity index is 871. The van der Waals surface area contributed by atoms with E-state index < -0.39 is 5.25 Å². The van der Waals surface area contributed by atoms with Gasteiger partial charge in [0.15, 0.2) is 5.76 Å². The van der Waals surface area contributed by atoms with E-state index in [9.17, 15) is 4.79 Å². The van der Waals surface area contributed by atoms with E-state index in [0.29, 0.717) is 22.6 Å². The molecule has 0 spiro atoms. The van der Waals surface area contributed by atoms with Gasteiger partial charge in [0.1, 0.15) is 5.82 Å². The van der Waals surface area contributed by atoms with Crippen molar-refractivity contribution in [3.05, 3.63) is 30.7 Å². The Morgan fingerprint density at radius 1 is 1.38 bits per heavy atom. The normalized spacial score (nSPS) is 13.5. The lowest BCUT2D eigenvalue weighted by Crippen LogP contribution is -2.25. The van der Waals surface area contributed by atoms with Crippen LogP contribution in [0.15, 0.2) is 40.2 Å². The summed E-state index contributed by atoms with van der Waals surface area (Å²) < 4.78 is 8.40. The van der Waals surface area contributed by atoms with Gasteiger partial charge in [0.2, 0.25) is 16.9 Å². The third kappa shape index (κ3) is 3.59. The van der Waals surface area contributed by atoms with Crippen LogP contribution in [-0.2, 0) is 4.79 Å². The topological polar surface area (TPSA) is 117 Å². The molecule has 26 heavy (non-hydrogen) atoms. The number of anilines is 1. The smallest absolute Gasteiger partial charge is 0.238 e. The number of hydrogen-bond donors (Lipinski definition) is 2. The lowest BCUT2D eigenvalue weighted by Gasteiger charge is -2.16. The molecule has 3 rings (SSSR count). The molecule has 0 aliphatic carbocycles. The van der Waals surface area contributed by atoms with Crippen molar-refractivity contribution in [2.24, 2.45) is 0 Å². The van der Waals surface area contributed by atoms with Crippen LogP contribution in [0.4, 0.5) is 5.82 Å². The molecule has 3 heterocycles. The van der Waals surface area contributed by atoms with Crippen LogP contribution in [0.25, 0.3) is 11.6 Å². The molecule has 0 bridgehead atoms. The third-order valence-electron chi connectivity index (χ3n) is 3.99. The van der Waals surface area contributed by atoms with Crippen LogP contribution >= 0.6 is 11.8 Å². The number of nitrogens with zero attached hydrogens (tertiary/aromatic N) is 5. The number of carbonyl (C=O) groups excluding carboxylic acids is 1. The van der Waals surface area contributed by atoms with Crippen molar-refractivity contribution in [2.45, 2.75) is 43.6 Å². The highest BCUT2D eigenvalue weighted by Gasteiger charge is 2.22. The predicted octanol–water partition coefficient (Wildman–Crippen LogP) is 2.54. The van der Waals surface area contributed by atoms with Crippen molar-refractivity contribution in [2.75, 3.05) is 11.2 Å². The highest BCUT2D eigenvalue weighted by molar-refractivity contribution is 8.00. The predicted molar refractivity (Wildman–Crippen MR) is 99.1 cm³/mol. The molecule has 3 aromatic heterocycles. The van der Waals surface area contributed by atoms with E-state index >= 15 is 0 Å². The maximum atomic E-state index is 12.5. The summed E-state index contributed by atoms with van der Waals surface area (Å²) in [6.45, 7) is 5.90. The number of carbonyl (C=O) groups is 1.